The number of anilines is 1. The number of sulfonamides is 1. The molecule has 0 radical (unpaired) electrons. The smallest absolute Gasteiger partial charge is 0.243 e. The molecule has 1 N–H and O–H groups in total. The van der Waals surface area contributed by atoms with Gasteiger partial charge in [0.1, 0.15) is 17.7 Å². The van der Waals surface area contributed by atoms with E-state index in [0.717, 1.165) is 48.2 Å². The molecule has 7 nitrogen and oxygen atoms in total. The summed E-state index contributed by atoms with van der Waals surface area (Å²) in [5.41, 5.74) is 1.43. The van der Waals surface area contributed by atoms with Crippen molar-refractivity contribution in [2.45, 2.75) is 70.0 Å². The number of amides is 2. The minimum atomic E-state index is -3.72. The van der Waals surface area contributed by atoms with Gasteiger partial charge in [0.25, 0.3) is 0 Å². The predicted molar refractivity (Wildman–Crippen MR) is 164 cm³/mol. The van der Waals surface area contributed by atoms with E-state index in [1.807, 2.05) is 30.3 Å². The molecule has 1 aliphatic rings. The van der Waals surface area contributed by atoms with Crippen LogP contribution in [0.5, 0.6) is 0 Å². The molecule has 43 heavy (non-hydrogen) atoms. The van der Waals surface area contributed by atoms with E-state index in [1.165, 1.54) is 35.2 Å². The maximum atomic E-state index is 14.8. The molecule has 1 saturated carbocycles. The molecule has 1 aliphatic carbocycles. The molecule has 0 heterocycles. The first-order valence-corrected chi connectivity index (χ1v) is 16.6. The summed E-state index contributed by atoms with van der Waals surface area (Å²) in [5, 5.41) is 3.15. The SMILES string of the molecule is CS(=O)(=O)N(CCCC(=O)N(Cc1ccccc1F)[C@H](Cc1ccccc1)C(=O)NC1CCCCC1)c1ccc(F)cc1. The Kier molecular flexibility index (Phi) is 11.3. The van der Waals surface area contributed by atoms with Crippen molar-refractivity contribution in [2.24, 2.45) is 0 Å². The second-order valence-corrected chi connectivity index (χ2v) is 13.0. The molecule has 0 bridgehead atoms. The van der Waals surface area contributed by atoms with Gasteiger partial charge in [-0.15, -0.1) is 0 Å². The van der Waals surface area contributed by atoms with E-state index in [9.17, 15) is 26.8 Å². The van der Waals surface area contributed by atoms with Crippen LogP contribution in [0.4, 0.5) is 14.5 Å². The van der Waals surface area contributed by atoms with Gasteiger partial charge in [-0.2, -0.15) is 0 Å². The van der Waals surface area contributed by atoms with Crippen molar-refractivity contribution in [3.05, 3.63) is 102 Å². The second-order valence-electron chi connectivity index (χ2n) is 11.1. The number of carbonyl (C=O) groups is 2. The third kappa shape index (κ3) is 9.35. The number of carbonyl (C=O) groups excluding carboxylic acids is 2. The number of nitrogens with zero attached hydrogens (tertiary/aromatic N) is 2. The molecule has 3 aromatic carbocycles. The first kappa shape index (κ1) is 32.1. The summed E-state index contributed by atoms with van der Waals surface area (Å²) in [4.78, 5) is 29.2. The standard InChI is InChI=1S/C33H39F2N3O4S/c1-43(41,42)38(29-20-18-27(34)19-21-29)22-10-17-32(39)37(24-26-13-8-9-16-30(26)35)31(23-25-11-4-2-5-12-25)33(40)36-28-14-6-3-7-15-28/h2,4-5,8-9,11-13,16,18-21,28,31H,3,6-7,10,14-15,17,22-24H2,1H3,(H,36,40)/t31-/m1/s1. The number of halogens is 2. The molecule has 230 valence electrons. The van der Waals surface area contributed by atoms with Gasteiger partial charge in [0.15, 0.2) is 0 Å². The third-order valence-electron chi connectivity index (χ3n) is 7.79. The van der Waals surface area contributed by atoms with Gasteiger partial charge in [0.2, 0.25) is 21.8 Å². The summed E-state index contributed by atoms with van der Waals surface area (Å²) in [6, 6.07) is 19.7. The average Bonchev–Trinajstić information content (AvgIpc) is 2.99. The maximum Gasteiger partial charge on any atom is 0.243 e. The fraction of sp³-hybridized carbons (Fsp3) is 0.394. The van der Waals surface area contributed by atoms with Gasteiger partial charge < -0.3 is 10.2 Å². The molecule has 1 fully saturated rings. The first-order valence-electron chi connectivity index (χ1n) is 14.7. The zero-order valence-corrected chi connectivity index (χ0v) is 25.2. The van der Waals surface area contributed by atoms with E-state index in [4.69, 9.17) is 0 Å². The van der Waals surface area contributed by atoms with Gasteiger partial charge >= 0.3 is 0 Å². The van der Waals surface area contributed by atoms with Crippen LogP contribution in [0.1, 0.15) is 56.1 Å². The minimum absolute atomic E-state index is 0.0176. The summed E-state index contributed by atoms with van der Waals surface area (Å²) in [7, 11) is -3.72. The van der Waals surface area contributed by atoms with Crippen molar-refractivity contribution in [2.75, 3.05) is 17.1 Å². The Morgan fingerprint density at radius 2 is 1.56 bits per heavy atom. The Morgan fingerprint density at radius 1 is 0.907 bits per heavy atom. The topological polar surface area (TPSA) is 86.8 Å². The molecule has 0 aliphatic heterocycles. The van der Waals surface area contributed by atoms with Crippen molar-refractivity contribution < 1.29 is 26.8 Å². The molecular weight excluding hydrogens is 572 g/mol. The van der Waals surface area contributed by atoms with E-state index in [0.29, 0.717) is 0 Å². The zero-order chi connectivity index (χ0) is 30.8. The first-order chi connectivity index (χ1) is 20.6. The van der Waals surface area contributed by atoms with Crippen LogP contribution in [0.3, 0.4) is 0 Å². The molecule has 2 amide bonds. The van der Waals surface area contributed by atoms with Crippen molar-refractivity contribution >= 4 is 27.5 Å². The second kappa shape index (κ2) is 15.1. The van der Waals surface area contributed by atoms with Crippen LogP contribution in [0, 0.1) is 11.6 Å². The zero-order valence-electron chi connectivity index (χ0n) is 24.4. The lowest BCUT2D eigenvalue weighted by Gasteiger charge is -2.34. The van der Waals surface area contributed by atoms with E-state index < -0.39 is 33.6 Å². The number of rotatable bonds is 13. The Labute approximate surface area is 252 Å². The predicted octanol–water partition coefficient (Wildman–Crippen LogP) is 5.60. The number of nitrogens with one attached hydrogen (secondary N) is 1. The van der Waals surface area contributed by atoms with Crippen LogP contribution in [0.2, 0.25) is 0 Å². The van der Waals surface area contributed by atoms with Crippen LogP contribution in [-0.4, -0.2) is 50.0 Å². The van der Waals surface area contributed by atoms with Gasteiger partial charge in [-0.05, 0) is 55.2 Å². The van der Waals surface area contributed by atoms with Crippen LogP contribution in [-0.2, 0) is 32.6 Å². The van der Waals surface area contributed by atoms with Gasteiger partial charge in [-0.25, -0.2) is 17.2 Å². The number of benzene rings is 3. The summed E-state index contributed by atoms with van der Waals surface area (Å²) >= 11 is 0. The third-order valence-corrected chi connectivity index (χ3v) is 8.98. The summed E-state index contributed by atoms with van der Waals surface area (Å²) in [5.74, 6) is -1.65. The Bertz CT molecular complexity index is 1460. The van der Waals surface area contributed by atoms with Crippen molar-refractivity contribution in [3.8, 4) is 0 Å². The van der Waals surface area contributed by atoms with Crippen LogP contribution in [0.15, 0.2) is 78.9 Å². The number of hydrogen-bond donors (Lipinski definition) is 1. The van der Waals surface area contributed by atoms with Gasteiger partial charge in [-0.1, -0.05) is 67.8 Å². The van der Waals surface area contributed by atoms with Crippen molar-refractivity contribution in [1.29, 1.82) is 0 Å². The molecule has 0 saturated heterocycles. The van der Waals surface area contributed by atoms with Crippen LogP contribution in [0.25, 0.3) is 0 Å². The summed E-state index contributed by atoms with van der Waals surface area (Å²) < 4.78 is 54.5. The lowest BCUT2D eigenvalue weighted by atomic mass is 9.94. The van der Waals surface area contributed by atoms with Crippen LogP contribution >= 0.6 is 0 Å². The quantitative estimate of drug-likeness (QED) is 0.273. The highest BCUT2D eigenvalue weighted by Gasteiger charge is 2.32. The molecule has 0 spiro atoms. The average molecular weight is 612 g/mol. The minimum Gasteiger partial charge on any atom is -0.352 e. The highest BCUT2D eigenvalue weighted by molar-refractivity contribution is 7.92. The Morgan fingerprint density at radius 3 is 2.21 bits per heavy atom. The normalized spacial score (nSPS) is 14.6. The van der Waals surface area contributed by atoms with Gasteiger partial charge in [-0.3, -0.25) is 13.9 Å². The molecule has 4 rings (SSSR count). The van der Waals surface area contributed by atoms with Gasteiger partial charge in [0, 0.05) is 37.5 Å². The van der Waals surface area contributed by atoms with Gasteiger partial charge in [0.05, 0.1) is 11.9 Å². The highest BCUT2D eigenvalue weighted by Crippen LogP contribution is 2.22. The summed E-state index contributed by atoms with van der Waals surface area (Å²) in [6.45, 7) is -0.143. The van der Waals surface area contributed by atoms with Crippen molar-refractivity contribution in [3.63, 3.8) is 0 Å². The highest BCUT2D eigenvalue weighted by atomic mass is 32.2. The monoisotopic (exact) mass is 611 g/mol. The lowest BCUT2D eigenvalue weighted by Crippen LogP contribution is -2.53. The van der Waals surface area contributed by atoms with E-state index in [1.54, 1.807) is 18.2 Å². The molecule has 3 aromatic rings. The van der Waals surface area contributed by atoms with E-state index >= 15 is 0 Å². The fourth-order valence-corrected chi connectivity index (χ4v) is 6.49. The Hall–Kier alpha value is -3.79. The molecule has 1 atom stereocenters. The molecule has 10 heteroatoms. The van der Waals surface area contributed by atoms with Crippen LogP contribution < -0.4 is 9.62 Å². The Balaban J connectivity index is 1.59. The molecule has 0 aromatic heterocycles. The molecule has 0 unspecified atom stereocenters. The number of hydrogen-bond acceptors (Lipinski definition) is 4. The lowest BCUT2D eigenvalue weighted by molar-refractivity contribution is -0.141. The van der Waals surface area contributed by atoms with Crippen molar-refractivity contribution in [1.82, 2.24) is 10.2 Å². The summed E-state index contributed by atoms with van der Waals surface area (Å²) in [6.07, 6.45) is 6.27. The molecular formula is C33H39F2N3O4S. The van der Waals surface area contributed by atoms with E-state index in [-0.39, 0.29) is 55.6 Å². The fourth-order valence-electron chi connectivity index (χ4n) is 5.52. The van der Waals surface area contributed by atoms with E-state index in [2.05, 4.69) is 5.32 Å². The largest absolute Gasteiger partial charge is 0.352 e. The maximum absolute atomic E-state index is 14.8.